The van der Waals surface area contributed by atoms with Crippen molar-refractivity contribution in [3.05, 3.63) is 45.4 Å². The molecule has 2 saturated heterocycles. The number of carboxylic acids is 1. The third-order valence-electron chi connectivity index (χ3n) is 6.42. The zero-order chi connectivity index (χ0) is 24.7. The summed E-state index contributed by atoms with van der Waals surface area (Å²) in [5.74, 6) is -2.07. The summed E-state index contributed by atoms with van der Waals surface area (Å²) in [5.41, 5.74) is -1.22. The molecule has 1 amide bonds. The highest BCUT2D eigenvalue weighted by Crippen LogP contribution is 2.29. The summed E-state index contributed by atoms with van der Waals surface area (Å²) in [6, 6.07) is 1.01. The van der Waals surface area contributed by atoms with E-state index in [1.54, 1.807) is 10.3 Å². The summed E-state index contributed by atoms with van der Waals surface area (Å²) in [5, 5.41) is 14.3. The minimum Gasteiger partial charge on any atom is -0.477 e. The number of aromatic carboxylic acids is 1. The second kappa shape index (κ2) is 9.34. The Morgan fingerprint density at radius 3 is 2.80 bits per heavy atom. The topological polar surface area (TPSA) is 127 Å². The number of carbonyl (C=O) groups excluding carboxylic acids is 1. The van der Waals surface area contributed by atoms with E-state index in [0.29, 0.717) is 24.2 Å². The first-order valence-electron chi connectivity index (χ1n) is 11.3. The quantitative estimate of drug-likeness (QED) is 0.526. The number of thiazole rings is 1. The first-order chi connectivity index (χ1) is 16.8. The Kier molecular flexibility index (Phi) is 6.24. The number of carboxylic acid groups (broad SMARTS) is 1. The fraction of sp³-hybridized carbons (Fsp3) is 0.435. The second-order valence-electron chi connectivity index (χ2n) is 9.01. The van der Waals surface area contributed by atoms with E-state index in [1.807, 2.05) is 0 Å². The Hall–Kier alpha value is -3.38. The van der Waals surface area contributed by atoms with Gasteiger partial charge in [-0.2, -0.15) is 0 Å². The fourth-order valence-corrected chi connectivity index (χ4v) is 4.96. The predicted molar refractivity (Wildman–Crippen MR) is 127 cm³/mol. The maximum atomic E-state index is 15.0. The number of halogens is 1. The standard InChI is InChI=1S/C23H24FN5O5S/c1-12-2-3-14(34-11-12)7-26-21(31)13-8-28(9-13)20-17(24)6-15-18(30)16(22(32)33)10-29(19(15)27-20)23-25-4-5-35-23/h4-6,10,12-14H,2-3,7-9,11H2,1H3,(H,26,31)(H,32,33). The molecular weight excluding hydrogens is 477 g/mol. The maximum absolute atomic E-state index is 15.0. The summed E-state index contributed by atoms with van der Waals surface area (Å²) < 4.78 is 22.1. The molecule has 0 bridgehead atoms. The van der Waals surface area contributed by atoms with Crippen molar-refractivity contribution in [3.8, 4) is 5.13 Å². The number of fused-ring (bicyclic) bond motifs is 1. The van der Waals surface area contributed by atoms with E-state index in [4.69, 9.17) is 4.74 Å². The Morgan fingerprint density at radius 2 is 2.14 bits per heavy atom. The van der Waals surface area contributed by atoms with Gasteiger partial charge in [-0.15, -0.1) is 11.3 Å². The Morgan fingerprint density at radius 1 is 1.34 bits per heavy atom. The highest BCUT2D eigenvalue weighted by molar-refractivity contribution is 7.12. The molecule has 0 aliphatic carbocycles. The van der Waals surface area contributed by atoms with Crippen LogP contribution in [-0.2, 0) is 9.53 Å². The lowest BCUT2D eigenvalue weighted by molar-refractivity contribution is -0.126. The van der Waals surface area contributed by atoms with E-state index < -0.39 is 22.8 Å². The minimum absolute atomic E-state index is 0.000988. The van der Waals surface area contributed by atoms with E-state index in [0.717, 1.165) is 25.1 Å². The summed E-state index contributed by atoms with van der Waals surface area (Å²) >= 11 is 1.22. The Bertz CT molecular complexity index is 1330. The van der Waals surface area contributed by atoms with Gasteiger partial charge < -0.3 is 20.1 Å². The number of amides is 1. The zero-order valence-corrected chi connectivity index (χ0v) is 19.8. The van der Waals surface area contributed by atoms with Crippen LogP contribution in [0.3, 0.4) is 0 Å². The molecule has 184 valence electrons. The number of anilines is 1. The number of nitrogens with zero attached hydrogens (tertiary/aromatic N) is 4. The van der Waals surface area contributed by atoms with E-state index >= 15 is 0 Å². The van der Waals surface area contributed by atoms with Gasteiger partial charge in [0.2, 0.25) is 11.3 Å². The van der Waals surface area contributed by atoms with E-state index in [2.05, 4.69) is 22.2 Å². The normalized spacial score (nSPS) is 20.6. The minimum atomic E-state index is -1.42. The van der Waals surface area contributed by atoms with Crippen LogP contribution in [0.1, 0.15) is 30.1 Å². The molecule has 2 fully saturated rings. The molecule has 0 saturated carbocycles. The number of pyridine rings is 2. The smallest absolute Gasteiger partial charge is 0.341 e. The van der Waals surface area contributed by atoms with Crippen LogP contribution in [0.5, 0.6) is 0 Å². The lowest BCUT2D eigenvalue weighted by atomic mass is 9.98. The maximum Gasteiger partial charge on any atom is 0.341 e. The Labute approximate surface area is 203 Å². The second-order valence-corrected chi connectivity index (χ2v) is 9.88. The third kappa shape index (κ3) is 4.50. The molecule has 0 radical (unpaired) electrons. The van der Waals surface area contributed by atoms with Crippen LogP contribution in [0.2, 0.25) is 0 Å². The summed E-state index contributed by atoms with van der Waals surface area (Å²) in [7, 11) is 0. The molecular formula is C23H24FN5O5S. The summed E-state index contributed by atoms with van der Waals surface area (Å²) in [6.45, 7) is 3.84. The Balaban J connectivity index is 1.35. The fourth-order valence-electron chi connectivity index (χ4n) is 4.34. The SMILES string of the molecule is CC1CCC(CNC(=O)C2CN(c3nc4c(cc3F)c(=O)c(C(=O)O)cn4-c3nccs3)C2)OC1. The van der Waals surface area contributed by atoms with Gasteiger partial charge in [0.15, 0.2) is 22.4 Å². The van der Waals surface area contributed by atoms with Gasteiger partial charge in [0.05, 0.1) is 17.4 Å². The van der Waals surface area contributed by atoms with Crippen LogP contribution in [0.15, 0.2) is 28.6 Å². The number of ether oxygens (including phenoxy) is 1. The average molecular weight is 502 g/mol. The van der Waals surface area contributed by atoms with E-state index in [9.17, 15) is 23.9 Å². The summed E-state index contributed by atoms with van der Waals surface area (Å²) in [4.78, 5) is 47.0. The molecule has 2 N–H and O–H groups in total. The van der Waals surface area contributed by atoms with Gasteiger partial charge in [-0.25, -0.2) is 19.2 Å². The molecule has 2 aliphatic heterocycles. The highest BCUT2D eigenvalue weighted by atomic mass is 32.1. The third-order valence-corrected chi connectivity index (χ3v) is 7.19. The van der Waals surface area contributed by atoms with Gasteiger partial charge in [-0.05, 0) is 24.8 Å². The lowest BCUT2D eigenvalue weighted by Crippen LogP contribution is -2.55. The van der Waals surface area contributed by atoms with Crippen molar-refractivity contribution >= 4 is 40.1 Å². The van der Waals surface area contributed by atoms with Crippen molar-refractivity contribution in [3.63, 3.8) is 0 Å². The molecule has 2 aliphatic rings. The predicted octanol–water partition coefficient (Wildman–Crippen LogP) is 2.05. The van der Waals surface area contributed by atoms with Gasteiger partial charge in [-0.3, -0.25) is 14.2 Å². The van der Waals surface area contributed by atoms with Crippen LogP contribution >= 0.6 is 11.3 Å². The van der Waals surface area contributed by atoms with Gasteiger partial charge in [0, 0.05) is 44.0 Å². The molecule has 0 spiro atoms. The molecule has 0 aromatic carbocycles. The van der Waals surface area contributed by atoms with Crippen molar-refractivity contribution in [2.75, 3.05) is 31.1 Å². The first-order valence-corrected chi connectivity index (χ1v) is 12.2. The molecule has 2 atom stereocenters. The number of rotatable bonds is 6. The van der Waals surface area contributed by atoms with Gasteiger partial charge in [0.1, 0.15) is 5.56 Å². The zero-order valence-electron chi connectivity index (χ0n) is 18.9. The van der Waals surface area contributed by atoms with Gasteiger partial charge in [-0.1, -0.05) is 6.92 Å². The molecule has 2 unspecified atom stereocenters. The molecule has 3 aromatic heterocycles. The number of nitrogens with one attached hydrogen (secondary N) is 1. The monoisotopic (exact) mass is 501 g/mol. The molecule has 35 heavy (non-hydrogen) atoms. The van der Waals surface area contributed by atoms with E-state index in [-0.39, 0.29) is 47.9 Å². The van der Waals surface area contributed by atoms with Crippen molar-refractivity contribution in [2.24, 2.45) is 11.8 Å². The number of hydrogen-bond donors (Lipinski definition) is 2. The van der Waals surface area contributed by atoms with Gasteiger partial charge in [0.25, 0.3) is 0 Å². The molecule has 3 aromatic rings. The number of hydrogen-bond acceptors (Lipinski definition) is 8. The number of carbonyl (C=O) groups is 2. The highest BCUT2D eigenvalue weighted by Gasteiger charge is 2.36. The lowest BCUT2D eigenvalue weighted by Gasteiger charge is -2.39. The van der Waals surface area contributed by atoms with Crippen LogP contribution in [-0.4, -0.2) is 63.9 Å². The molecule has 12 heteroatoms. The van der Waals surface area contributed by atoms with Gasteiger partial charge >= 0.3 is 5.97 Å². The van der Waals surface area contributed by atoms with Crippen molar-refractivity contribution < 1.29 is 23.8 Å². The molecule has 5 rings (SSSR count). The molecule has 10 nitrogen and oxygen atoms in total. The van der Waals surface area contributed by atoms with E-state index in [1.165, 1.54) is 22.1 Å². The molecule has 5 heterocycles. The van der Waals surface area contributed by atoms with Crippen molar-refractivity contribution in [1.82, 2.24) is 19.9 Å². The largest absolute Gasteiger partial charge is 0.477 e. The van der Waals surface area contributed by atoms with Crippen LogP contribution in [0.4, 0.5) is 10.2 Å². The number of aromatic nitrogens is 3. The van der Waals surface area contributed by atoms with Crippen LogP contribution in [0.25, 0.3) is 16.2 Å². The van der Waals surface area contributed by atoms with Crippen molar-refractivity contribution in [1.29, 1.82) is 0 Å². The first kappa shape index (κ1) is 23.4. The van der Waals surface area contributed by atoms with Crippen LogP contribution in [0, 0.1) is 17.7 Å². The summed E-state index contributed by atoms with van der Waals surface area (Å²) in [6.07, 6.45) is 4.69. The van der Waals surface area contributed by atoms with Crippen LogP contribution < -0.4 is 15.6 Å². The van der Waals surface area contributed by atoms with Crippen molar-refractivity contribution in [2.45, 2.75) is 25.9 Å². The average Bonchev–Trinajstić information content (AvgIpc) is 3.33.